The van der Waals surface area contributed by atoms with Gasteiger partial charge in [-0.2, -0.15) is 0 Å². The Balaban J connectivity index is 2.03. The molecule has 98 valence electrons. The number of piperidine rings is 1. The highest BCUT2D eigenvalue weighted by Crippen LogP contribution is 2.24. The van der Waals surface area contributed by atoms with Gasteiger partial charge in [-0.05, 0) is 23.8 Å². The van der Waals surface area contributed by atoms with Crippen LogP contribution in [0.25, 0.3) is 0 Å². The van der Waals surface area contributed by atoms with Crippen LogP contribution in [-0.4, -0.2) is 23.9 Å². The molecule has 3 atom stereocenters. The van der Waals surface area contributed by atoms with E-state index in [0.29, 0.717) is 11.8 Å². The minimum absolute atomic E-state index is 0.0555. The number of nitrogens with two attached hydrogens (primary N) is 1. The van der Waals surface area contributed by atoms with Gasteiger partial charge < -0.3 is 10.6 Å². The fourth-order valence-electron chi connectivity index (χ4n) is 2.46. The van der Waals surface area contributed by atoms with Crippen LogP contribution >= 0.6 is 0 Å². The third kappa shape index (κ3) is 2.72. The van der Waals surface area contributed by atoms with Gasteiger partial charge in [-0.25, -0.2) is 0 Å². The molecule has 1 aliphatic rings. The molecule has 3 nitrogen and oxygen atoms in total. The van der Waals surface area contributed by atoms with Crippen LogP contribution in [-0.2, 0) is 4.79 Å². The van der Waals surface area contributed by atoms with E-state index in [1.165, 1.54) is 0 Å². The summed E-state index contributed by atoms with van der Waals surface area (Å²) in [7, 11) is 0. The van der Waals surface area contributed by atoms with Gasteiger partial charge in [-0.3, -0.25) is 4.79 Å². The number of carbonyl (C=O) groups excluding carboxylic acids is 1. The van der Waals surface area contributed by atoms with Gasteiger partial charge in [-0.15, -0.1) is 0 Å². The molecule has 1 amide bonds. The van der Waals surface area contributed by atoms with E-state index in [9.17, 15) is 4.79 Å². The SMILES string of the molecule is CC1CCN(C(=O)[C@H](N)c2ccccc2)CC1C. The van der Waals surface area contributed by atoms with Crippen molar-refractivity contribution in [2.75, 3.05) is 13.1 Å². The van der Waals surface area contributed by atoms with Crippen molar-refractivity contribution in [2.45, 2.75) is 26.3 Å². The lowest BCUT2D eigenvalue weighted by molar-refractivity contribution is -0.135. The lowest BCUT2D eigenvalue weighted by atomic mass is 9.88. The Morgan fingerprint density at radius 2 is 1.94 bits per heavy atom. The molecule has 0 aliphatic carbocycles. The largest absolute Gasteiger partial charge is 0.341 e. The second-order valence-corrected chi connectivity index (χ2v) is 5.42. The summed E-state index contributed by atoms with van der Waals surface area (Å²) < 4.78 is 0. The fourth-order valence-corrected chi connectivity index (χ4v) is 2.46. The Bertz CT molecular complexity index is 404. The topological polar surface area (TPSA) is 46.3 Å². The second-order valence-electron chi connectivity index (χ2n) is 5.42. The first-order valence-electron chi connectivity index (χ1n) is 6.69. The number of likely N-dealkylation sites (tertiary alicyclic amines) is 1. The third-order valence-corrected chi connectivity index (χ3v) is 4.07. The summed E-state index contributed by atoms with van der Waals surface area (Å²) in [5.74, 6) is 1.31. The van der Waals surface area contributed by atoms with Crippen molar-refractivity contribution in [3.8, 4) is 0 Å². The molecule has 0 bridgehead atoms. The highest BCUT2D eigenvalue weighted by molar-refractivity contribution is 5.83. The van der Waals surface area contributed by atoms with Gasteiger partial charge in [-0.1, -0.05) is 44.2 Å². The minimum Gasteiger partial charge on any atom is -0.341 e. The molecule has 1 aromatic carbocycles. The highest BCUT2D eigenvalue weighted by Gasteiger charge is 2.29. The van der Waals surface area contributed by atoms with Crippen molar-refractivity contribution in [3.05, 3.63) is 35.9 Å². The number of hydrogen-bond donors (Lipinski definition) is 1. The summed E-state index contributed by atoms with van der Waals surface area (Å²) in [5, 5.41) is 0. The number of carbonyl (C=O) groups is 1. The van der Waals surface area contributed by atoms with E-state index in [-0.39, 0.29) is 5.91 Å². The van der Waals surface area contributed by atoms with E-state index in [1.54, 1.807) is 0 Å². The lowest BCUT2D eigenvalue weighted by Gasteiger charge is -2.36. The van der Waals surface area contributed by atoms with E-state index in [4.69, 9.17) is 5.73 Å². The van der Waals surface area contributed by atoms with Gasteiger partial charge in [0.05, 0.1) is 0 Å². The van der Waals surface area contributed by atoms with Gasteiger partial charge in [0.25, 0.3) is 0 Å². The van der Waals surface area contributed by atoms with Crippen molar-refractivity contribution in [3.63, 3.8) is 0 Å². The number of benzene rings is 1. The molecule has 0 saturated carbocycles. The van der Waals surface area contributed by atoms with Crippen LogP contribution in [0.15, 0.2) is 30.3 Å². The first-order valence-corrected chi connectivity index (χ1v) is 6.69. The van der Waals surface area contributed by atoms with Crippen molar-refractivity contribution < 1.29 is 4.79 Å². The van der Waals surface area contributed by atoms with E-state index >= 15 is 0 Å². The maximum absolute atomic E-state index is 12.4. The molecule has 2 unspecified atom stereocenters. The van der Waals surface area contributed by atoms with E-state index < -0.39 is 6.04 Å². The van der Waals surface area contributed by atoms with Gasteiger partial charge in [0.2, 0.25) is 5.91 Å². The standard InChI is InChI=1S/C15H22N2O/c1-11-8-9-17(10-12(11)2)15(18)14(16)13-6-4-3-5-7-13/h3-7,11-12,14H,8-10,16H2,1-2H3/t11?,12?,14-/m1/s1. The van der Waals surface area contributed by atoms with Gasteiger partial charge in [0, 0.05) is 13.1 Å². The molecule has 1 heterocycles. The van der Waals surface area contributed by atoms with Crippen LogP contribution in [0.2, 0.25) is 0 Å². The molecule has 18 heavy (non-hydrogen) atoms. The molecule has 0 aromatic heterocycles. The highest BCUT2D eigenvalue weighted by atomic mass is 16.2. The Hall–Kier alpha value is -1.35. The smallest absolute Gasteiger partial charge is 0.244 e. The Kier molecular flexibility index (Phi) is 4.02. The zero-order chi connectivity index (χ0) is 13.1. The molecule has 0 spiro atoms. The van der Waals surface area contributed by atoms with E-state index in [2.05, 4.69) is 13.8 Å². The molecule has 3 heteroatoms. The molecule has 1 aromatic rings. The average molecular weight is 246 g/mol. The second kappa shape index (κ2) is 5.53. The average Bonchev–Trinajstić information content (AvgIpc) is 2.41. The van der Waals surface area contributed by atoms with Crippen molar-refractivity contribution in [1.82, 2.24) is 4.90 Å². The van der Waals surface area contributed by atoms with Crippen LogP contribution in [0.1, 0.15) is 31.9 Å². The van der Waals surface area contributed by atoms with Crippen LogP contribution in [0.3, 0.4) is 0 Å². The predicted octanol–water partition coefficient (Wildman–Crippen LogP) is 2.19. The summed E-state index contributed by atoms with van der Waals surface area (Å²) in [6.07, 6.45) is 1.08. The van der Waals surface area contributed by atoms with Crippen molar-refractivity contribution >= 4 is 5.91 Å². The number of nitrogens with zero attached hydrogens (tertiary/aromatic N) is 1. The zero-order valence-corrected chi connectivity index (χ0v) is 11.2. The number of amides is 1. The quantitative estimate of drug-likeness (QED) is 0.869. The third-order valence-electron chi connectivity index (χ3n) is 4.07. The Labute approximate surface area is 109 Å². The molecular weight excluding hydrogens is 224 g/mol. The van der Waals surface area contributed by atoms with Crippen molar-refractivity contribution in [1.29, 1.82) is 0 Å². The summed E-state index contributed by atoms with van der Waals surface area (Å²) in [6.45, 7) is 6.13. The molecule has 2 N–H and O–H groups in total. The monoisotopic (exact) mass is 246 g/mol. The predicted molar refractivity (Wildman–Crippen MR) is 72.9 cm³/mol. The van der Waals surface area contributed by atoms with Crippen LogP contribution < -0.4 is 5.73 Å². The minimum atomic E-state index is -0.521. The fraction of sp³-hybridized carbons (Fsp3) is 0.533. The lowest BCUT2D eigenvalue weighted by Crippen LogP contribution is -2.46. The van der Waals surface area contributed by atoms with Crippen molar-refractivity contribution in [2.24, 2.45) is 17.6 Å². The molecule has 2 rings (SSSR count). The van der Waals surface area contributed by atoms with Crippen LogP contribution in [0, 0.1) is 11.8 Å². The maximum atomic E-state index is 12.4. The maximum Gasteiger partial charge on any atom is 0.244 e. The molecule has 0 radical (unpaired) electrons. The first kappa shape index (κ1) is 13.1. The number of rotatable bonds is 2. The Morgan fingerprint density at radius 1 is 1.28 bits per heavy atom. The number of hydrogen-bond acceptors (Lipinski definition) is 2. The normalized spacial score (nSPS) is 25.8. The van der Waals surface area contributed by atoms with E-state index in [1.807, 2.05) is 35.2 Å². The molecule has 1 aliphatic heterocycles. The summed E-state index contributed by atoms with van der Waals surface area (Å²) >= 11 is 0. The van der Waals surface area contributed by atoms with Crippen LogP contribution in [0.4, 0.5) is 0 Å². The van der Waals surface area contributed by atoms with Gasteiger partial charge >= 0.3 is 0 Å². The summed E-state index contributed by atoms with van der Waals surface area (Å²) in [5.41, 5.74) is 6.96. The molecule has 1 fully saturated rings. The van der Waals surface area contributed by atoms with E-state index in [0.717, 1.165) is 25.1 Å². The zero-order valence-electron chi connectivity index (χ0n) is 11.2. The first-order chi connectivity index (χ1) is 8.59. The van der Waals surface area contributed by atoms with Gasteiger partial charge in [0.15, 0.2) is 0 Å². The van der Waals surface area contributed by atoms with Gasteiger partial charge in [0.1, 0.15) is 6.04 Å². The molecule has 1 saturated heterocycles. The Morgan fingerprint density at radius 3 is 2.56 bits per heavy atom. The van der Waals surface area contributed by atoms with Crippen LogP contribution in [0.5, 0.6) is 0 Å². The summed E-state index contributed by atoms with van der Waals surface area (Å²) in [6, 6.07) is 9.08. The summed E-state index contributed by atoms with van der Waals surface area (Å²) in [4.78, 5) is 14.3. The molecular formula is C15H22N2O.